The van der Waals surface area contributed by atoms with Gasteiger partial charge in [0.15, 0.2) is 0 Å². The smallest absolute Gasteiger partial charge is 0.130 e. The Hall–Kier alpha value is -2.17. The van der Waals surface area contributed by atoms with Gasteiger partial charge in [0.25, 0.3) is 0 Å². The SMILES string of the molecule is O=CC1Cc2cc(OCCn3ccnc3)cc(F)c2C1. The lowest BCUT2D eigenvalue weighted by atomic mass is 10.1. The van der Waals surface area contributed by atoms with E-state index in [9.17, 15) is 9.18 Å². The van der Waals surface area contributed by atoms with Gasteiger partial charge in [-0.15, -0.1) is 0 Å². The van der Waals surface area contributed by atoms with Crippen LogP contribution in [0.3, 0.4) is 0 Å². The molecule has 104 valence electrons. The second-order valence-electron chi connectivity index (χ2n) is 5.00. The molecule has 0 bridgehead atoms. The van der Waals surface area contributed by atoms with Gasteiger partial charge in [-0.1, -0.05) is 0 Å². The molecule has 1 aliphatic rings. The van der Waals surface area contributed by atoms with E-state index >= 15 is 0 Å². The van der Waals surface area contributed by atoms with Gasteiger partial charge in [-0.2, -0.15) is 0 Å². The van der Waals surface area contributed by atoms with Crippen molar-refractivity contribution in [1.29, 1.82) is 0 Å². The summed E-state index contributed by atoms with van der Waals surface area (Å²) in [5.41, 5.74) is 1.55. The fraction of sp³-hybridized carbons (Fsp3) is 0.333. The molecular weight excluding hydrogens is 259 g/mol. The van der Waals surface area contributed by atoms with E-state index in [1.54, 1.807) is 12.5 Å². The molecule has 5 heteroatoms. The number of ether oxygens (including phenoxy) is 1. The van der Waals surface area contributed by atoms with E-state index in [1.165, 1.54) is 6.07 Å². The van der Waals surface area contributed by atoms with E-state index in [0.29, 0.717) is 37.3 Å². The molecule has 1 heterocycles. The number of hydrogen-bond acceptors (Lipinski definition) is 3. The van der Waals surface area contributed by atoms with E-state index in [0.717, 1.165) is 11.8 Å². The normalized spacial score (nSPS) is 16.9. The Morgan fingerprint density at radius 2 is 2.35 bits per heavy atom. The van der Waals surface area contributed by atoms with E-state index in [-0.39, 0.29) is 11.7 Å². The van der Waals surface area contributed by atoms with Crippen molar-refractivity contribution in [3.8, 4) is 5.75 Å². The van der Waals surface area contributed by atoms with E-state index in [2.05, 4.69) is 4.98 Å². The summed E-state index contributed by atoms with van der Waals surface area (Å²) in [6.45, 7) is 1.11. The average molecular weight is 274 g/mol. The summed E-state index contributed by atoms with van der Waals surface area (Å²) in [7, 11) is 0. The zero-order chi connectivity index (χ0) is 13.9. The van der Waals surface area contributed by atoms with Crippen molar-refractivity contribution in [2.45, 2.75) is 19.4 Å². The van der Waals surface area contributed by atoms with Crippen LogP contribution in [0, 0.1) is 11.7 Å². The van der Waals surface area contributed by atoms with Gasteiger partial charge >= 0.3 is 0 Å². The number of carbonyl (C=O) groups excluding carboxylic acids is 1. The Morgan fingerprint density at radius 1 is 1.45 bits per heavy atom. The lowest BCUT2D eigenvalue weighted by Crippen LogP contribution is -2.07. The molecule has 0 spiro atoms. The Labute approximate surface area is 116 Å². The second kappa shape index (κ2) is 5.45. The molecule has 1 aliphatic carbocycles. The molecule has 1 unspecified atom stereocenters. The summed E-state index contributed by atoms with van der Waals surface area (Å²) in [5.74, 6) is 0.151. The first kappa shape index (κ1) is 12.8. The van der Waals surface area contributed by atoms with Crippen molar-refractivity contribution in [1.82, 2.24) is 9.55 Å². The maximum Gasteiger partial charge on any atom is 0.130 e. The highest BCUT2D eigenvalue weighted by Crippen LogP contribution is 2.31. The van der Waals surface area contributed by atoms with Crippen LogP contribution in [-0.4, -0.2) is 22.4 Å². The molecule has 0 saturated heterocycles. The topological polar surface area (TPSA) is 44.1 Å². The first-order chi connectivity index (χ1) is 9.76. The lowest BCUT2D eigenvalue weighted by Gasteiger charge is -2.09. The number of benzene rings is 1. The number of fused-ring (bicyclic) bond motifs is 1. The summed E-state index contributed by atoms with van der Waals surface area (Å²) in [6, 6.07) is 3.25. The maximum atomic E-state index is 14.0. The molecule has 0 saturated carbocycles. The molecule has 3 rings (SSSR count). The Balaban J connectivity index is 1.66. The Kier molecular flexibility index (Phi) is 3.50. The van der Waals surface area contributed by atoms with Gasteiger partial charge in [-0.3, -0.25) is 0 Å². The van der Waals surface area contributed by atoms with Crippen LogP contribution in [0.5, 0.6) is 5.75 Å². The van der Waals surface area contributed by atoms with Gasteiger partial charge in [0.05, 0.1) is 12.9 Å². The number of carbonyl (C=O) groups is 1. The predicted octanol–water partition coefficient (Wildman–Crippen LogP) is 2.01. The first-order valence-electron chi connectivity index (χ1n) is 6.61. The number of aldehydes is 1. The third-order valence-corrected chi connectivity index (χ3v) is 3.58. The van der Waals surface area contributed by atoms with Crippen molar-refractivity contribution in [3.05, 3.63) is 47.8 Å². The van der Waals surface area contributed by atoms with Crippen LogP contribution >= 0.6 is 0 Å². The third-order valence-electron chi connectivity index (χ3n) is 3.58. The largest absolute Gasteiger partial charge is 0.492 e. The molecule has 4 nitrogen and oxygen atoms in total. The van der Waals surface area contributed by atoms with Crippen LogP contribution in [-0.2, 0) is 24.2 Å². The number of aromatic nitrogens is 2. The number of hydrogen-bond donors (Lipinski definition) is 0. The highest BCUT2D eigenvalue weighted by atomic mass is 19.1. The summed E-state index contributed by atoms with van der Waals surface area (Å²) in [6.07, 6.45) is 7.27. The summed E-state index contributed by atoms with van der Waals surface area (Å²) >= 11 is 0. The maximum absolute atomic E-state index is 14.0. The molecule has 0 radical (unpaired) electrons. The molecule has 2 aromatic rings. The molecule has 1 aromatic heterocycles. The zero-order valence-electron chi connectivity index (χ0n) is 11.0. The summed E-state index contributed by atoms with van der Waals surface area (Å²) in [4.78, 5) is 14.8. The minimum atomic E-state index is -0.274. The van der Waals surface area contributed by atoms with Crippen LogP contribution in [0.2, 0.25) is 0 Å². The van der Waals surface area contributed by atoms with Crippen molar-refractivity contribution in [2.75, 3.05) is 6.61 Å². The van der Waals surface area contributed by atoms with Crippen LogP contribution in [0.25, 0.3) is 0 Å². The molecule has 0 N–H and O–H groups in total. The van der Waals surface area contributed by atoms with Gasteiger partial charge < -0.3 is 14.1 Å². The number of halogens is 1. The number of imidazole rings is 1. The van der Waals surface area contributed by atoms with Crippen molar-refractivity contribution in [3.63, 3.8) is 0 Å². The van der Waals surface area contributed by atoms with E-state index in [1.807, 2.05) is 16.8 Å². The molecule has 1 aromatic carbocycles. The average Bonchev–Trinajstić information content (AvgIpc) is 3.07. The highest BCUT2D eigenvalue weighted by molar-refractivity contribution is 5.59. The van der Waals surface area contributed by atoms with Crippen LogP contribution in [0.4, 0.5) is 4.39 Å². The van der Waals surface area contributed by atoms with Gasteiger partial charge in [0.2, 0.25) is 0 Å². The monoisotopic (exact) mass is 274 g/mol. The molecule has 0 aliphatic heterocycles. The van der Waals surface area contributed by atoms with Crippen LogP contribution < -0.4 is 4.74 Å². The van der Waals surface area contributed by atoms with E-state index in [4.69, 9.17) is 4.74 Å². The quantitative estimate of drug-likeness (QED) is 0.783. The van der Waals surface area contributed by atoms with Crippen molar-refractivity contribution in [2.24, 2.45) is 5.92 Å². The van der Waals surface area contributed by atoms with E-state index < -0.39 is 0 Å². The first-order valence-corrected chi connectivity index (χ1v) is 6.61. The molecule has 1 atom stereocenters. The summed E-state index contributed by atoms with van der Waals surface area (Å²) < 4.78 is 21.4. The minimum absolute atomic E-state index is 0.0966. The molecular formula is C15H15FN2O2. The highest BCUT2D eigenvalue weighted by Gasteiger charge is 2.24. The molecule has 0 fully saturated rings. The number of nitrogens with zero attached hydrogens (tertiary/aromatic N) is 2. The Bertz CT molecular complexity index is 611. The van der Waals surface area contributed by atoms with Gasteiger partial charge in [0.1, 0.15) is 24.5 Å². The third kappa shape index (κ3) is 2.57. The van der Waals surface area contributed by atoms with Crippen molar-refractivity contribution >= 4 is 6.29 Å². The van der Waals surface area contributed by atoms with Crippen LogP contribution in [0.1, 0.15) is 11.1 Å². The van der Waals surface area contributed by atoms with Crippen LogP contribution in [0.15, 0.2) is 30.9 Å². The van der Waals surface area contributed by atoms with Gasteiger partial charge in [-0.25, -0.2) is 9.37 Å². The van der Waals surface area contributed by atoms with Crippen molar-refractivity contribution < 1.29 is 13.9 Å². The Morgan fingerprint density at radius 3 is 3.10 bits per heavy atom. The zero-order valence-corrected chi connectivity index (χ0v) is 11.0. The lowest BCUT2D eigenvalue weighted by molar-refractivity contribution is -0.110. The predicted molar refractivity (Wildman–Crippen MR) is 71.1 cm³/mol. The fourth-order valence-corrected chi connectivity index (χ4v) is 2.56. The van der Waals surface area contributed by atoms with Gasteiger partial charge in [0, 0.05) is 24.4 Å². The van der Waals surface area contributed by atoms with Gasteiger partial charge in [-0.05, 0) is 30.0 Å². The molecule has 20 heavy (non-hydrogen) atoms. The summed E-state index contributed by atoms with van der Waals surface area (Å²) in [5, 5.41) is 0. The standard InChI is InChI=1S/C15H15FN2O2/c16-15-8-13(20-4-3-18-2-1-17-10-18)7-12-5-11(9-19)6-14(12)15/h1-2,7-11H,3-6H2. The second-order valence-corrected chi connectivity index (χ2v) is 5.00. The molecule has 0 amide bonds. The minimum Gasteiger partial charge on any atom is -0.492 e. The number of rotatable bonds is 5. The fourth-order valence-electron chi connectivity index (χ4n) is 2.56.